The van der Waals surface area contributed by atoms with E-state index in [4.69, 9.17) is 5.73 Å². The first-order valence-corrected chi connectivity index (χ1v) is 7.66. The second-order valence-corrected chi connectivity index (χ2v) is 6.34. The van der Waals surface area contributed by atoms with Crippen molar-refractivity contribution in [1.82, 2.24) is 0 Å². The molecule has 1 aliphatic rings. The van der Waals surface area contributed by atoms with Crippen molar-refractivity contribution in [3.05, 3.63) is 35.1 Å². The lowest BCUT2D eigenvalue weighted by Crippen LogP contribution is -2.41. The molecule has 1 fully saturated rings. The molecule has 1 saturated carbocycles. The fourth-order valence-corrected chi connectivity index (χ4v) is 3.65. The van der Waals surface area contributed by atoms with Gasteiger partial charge in [0.05, 0.1) is 6.10 Å². The first kappa shape index (κ1) is 15.5. The Kier molecular flexibility index (Phi) is 4.82. The van der Waals surface area contributed by atoms with Crippen molar-refractivity contribution in [2.24, 2.45) is 17.1 Å². The van der Waals surface area contributed by atoms with Crippen molar-refractivity contribution < 1.29 is 9.50 Å². The van der Waals surface area contributed by atoms with E-state index in [0.29, 0.717) is 18.0 Å². The van der Waals surface area contributed by atoms with Crippen LogP contribution in [-0.4, -0.2) is 11.7 Å². The zero-order valence-corrected chi connectivity index (χ0v) is 12.5. The van der Waals surface area contributed by atoms with Gasteiger partial charge in [-0.15, -0.1) is 0 Å². The van der Waals surface area contributed by atoms with E-state index in [2.05, 4.69) is 6.92 Å². The fourth-order valence-electron chi connectivity index (χ4n) is 3.65. The monoisotopic (exact) mass is 279 g/mol. The third-order valence-corrected chi connectivity index (χ3v) is 5.08. The van der Waals surface area contributed by atoms with Crippen LogP contribution in [-0.2, 0) is 0 Å². The molecular formula is C17H26FNO. The molecule has 0 aromatic heterocycles. The molecule has 1 aliphatic carbocycles. The largest absolute Gasteiger partial charge is 0.388 e. The van der Waals surface area contributed by atoms with Gasteiger partial charge in [-0.1, -0.05) is 32.3 Å². The summed E-state index contributed by atoms with van der Waals surface area (Å²) in [7, 11) is 0. The van der Waals surface area contributed by atoms with Gasteiger partial charge in [-0.25, -0.2) is 4.39 Å². The molecule has 3 N–H and O–H groups in total. The highest BCUT2D eigenvalue weighted by Gasteiger charge is 2.41. The molecule has 20 heavy (non-hydrogen) atoms. The number of nitrogens with two attached hydrogens (primary N) is 1. The lowest BCUT2D eigenvalue weighted by Gasteiger charge is -2.44. The second-order valence-electron chi connectivity index (χ2n) is 6.34. The first-order valence-electron chi connectivity index (χ1n) is 7.66. The minimum absolute atomic E-state index is 0.292. The fraction of sp³-hybridized carbons (Fsp3) is 0.647. The van der Waals surface area contributed by atoms with Crippen molar-refractivity contribution in [2.45, 2.75) is 52.1 Å². The highest BCUT2D eigenvalue weighted by Crippen LogP contribution is 2.48. The van der Waals surface area contributed by atoms with Crippen LogP contribution in [0, 0.1) is 24.1 Å². The maximum Gasteiger partial charge on any atom is 0.123 e. The first-order chi connectivity index (χ1) is 9.52. The zero-order chi connectivity index (χ0) is 14.8. The van der Waals surface area contributed by atoms with E-state index >= 15 is 0 Å². The molecule has 0 aliphatic heterocycles. The molecule has 0 amide bonds. The van der Waals surface area contributed by atoms with Crippen LogP contribution in [0.25, 0.3) is 0 Å². The van der Waals surface area contributed by atoms with E-state index in [9.17, 15) is 9.50 Å². The summed E-state index contributed by atoms with van der Waals surface area (Å²) in [6.07, 6.45) is 4.64. The predicted molar refractivity (Wildman–Crippen MR) is 79.8 cm³/mol. The molecule has 0 saturated heterocycles. The van der Waals surface area contributed by atoms with Crippen molar-refractivity contribution >= 4 is 0 Å². The van der Waals surface area contributed by atoms with Gasteiger partial charge in [0.15, 0.2) is 0 Å². The van der Waals surface area contributed by atoms with Crippen LogP contribution < -0.4 is 5.73 Å². The average molecular weight is 279 g/mol. The van der Waals surface area contributed by atoms with Crippen LogP contribution in [0.2, 0.25) is 0 Å². The molecule has 2 rings (SSSR count). The molecule has 0 bridgehead atoms. The maximum absolute atomic E-state index is 13.5. The van der Waals surface area contributed by atoms with E-state index < -0.39 is 6.10 Å². The summed E-state index contributed by atoms with van der Waals surface area (Å²) in [5, 5.41) is 10.9. The van der Waals surface area contributed by atoms with Crippen LogP contribution in [0.4, 0.5) is 4.39 Å². The smallest absolute Gasteiger partial charge is 0.123 e. The molecule has 2 nitrogen and oxygen atoms in total. The molecule has 3 atom stereocenters. The van der Waals surface area contributed by atoms with Gasteiger partial charge < -0.3 is 10.8 Å². The van der Waals surface area contributed by atoms with Gasteiger partial charge >= 0.3 is 0 Å². The molecule has 3 unspecified atom stereocenters. The summed E-state index contributed by atoms with van der Waals surface area (Å²) in [4.78, 5) is 0. The van der Waals surface area contributed by atoms with Gasteiger partial charge in [0.25, 0.3) is 0 Å². The molecule has 1 aromatic carbocycles. The molecule has 0 spiro atoms. The van der Waals surface area contributed by atoms with Crippen LogP contribution in [0.1, 0.15) is 56.3 Å². The lowest BCUT2D eigenvalue weighted by molar-refractivity contribution is -0.0167. The Balaban J connectivity index is 2.32. The Bertz CT molecular complexity index is 462. The van der Waals surface area contributed by atoms with Crippen molar-refractivity contribution in [3.8, 4) is 0 Å². The van der Waals surface area contributed by atoms with Gasteiger partial charge in [-0.3, -0.25) is 0 Å². The maximum atomic E-state index is 13.5. The summed E-state index contributed by atoms with van der Waals surface area (Å²) in [6.45, 7) is 4.57. The Morgan fingerprint density at radius 2 is 2.25 bits per heavy atom. The third kappa shape index (κ3) is 2.89. The number of aliphatic hydroxyl groups excluding tert-OH is 1. The lowest BCUT2D eigenvalue weighted by atomic mass is 9.64. The normalized spacial score (nSPS) is 28.4. The van der Waals surface area contributed by atoms with E-state index in [1.54, 1.807) is 6.07 Å². The zero-order valence-electron chi connectivity index (χ0n) is 12.5. The summed E-state index contributed by atoms with van der Waals surface area (Å²) >= 11 is 0. The standard InChI is InChI=1S/C17H26FNO/c1-3-13-5-4-8-17(10-13,11-19)16(20)15-9-14(18)7-6-12(15)2/h6-7,9,13,16,20H,3-5,8,10-11,19H2,1-2H3. The van der Waals surface area contributed by atoms with Gasteiger partial charge in [0, 0.05) is 12.0 Å². The van der Waals surface area contributed by atoms with Gasteiger partial charge in [-0.05, 0) is 48.9 Å². The number of aryl methyl sites for hydroxylation is 1. The third-order valence-electron chi connectivity index (χ3n) is 5.08. The summed E-state index contributed by atoms with van der Waals surface area (Å²) in [6, 6.07) is 4.64. The van der Waals surface area contributed by atoms with Crippen LogP contribution in [0.15, 0.2) is 18.2 Å². The van der Waals surface area contributed by atoms with Gasteiger partial charge in [-0.2, -0.15) is 0 Å². The quantitative estimate of drug-likeness (QED) is 0.882. The Labute approximate surface area is 121 Å². The summed E-state index contributed by atoms with van der Waals surface area (Å²) < 4.78 is 13.5. The Morgan fingerprint density at radius 3 is 2.90 bits per heavy atom. The molecular weight excluding hydrogens is 253 g/mol. The molecule has 112 valence electrons. The number of aliphatic hydroxyl groups is 1. The minimum atomic E-state index is -0.669. The minimum Gasteiger partial charge on any atom is -0.388 e. The summed E-state index contributed by atoms with van der Waals surface area (Å²) in [5.74, 6) is 0.329. The summed E-state index contributed by atoms with van der Waals surface area (Å²) in [5.41, 5.74) is 7.37. The SMILES string of the molecule is CCC1CCCC(CN)(C(O)c2cc(F)ccc2C)C1. The number of rotatable bonds is 4. The molecule has 0 radical (unpaired) electrons. The van der Waals surface area contributed by atoms with E-state index in [-0.39, 0.29) is 11.2 Å². The van der Waals surface area contributed by atoms with E-state index in [1.807, 2.05) is 6.92 Å². The van der Waals surface area contributed by atoms with Crippen LogP contribution in [0.5, 0.6) is 0 Å². The Morgan fingerprint density at radius 1 is 1.50 bits per heavy atom. The average Bonchev–Trinajstić information content (AvgIpc) is 2.48. The molecule has 0 heterocycles. The van der Waals surface area contributed by atoms with Gasteiger partial charge in [0.2, 0.25) is 0 Å². The van der Waals surface area contributed by atoms with E-state index in [0.717, 1.165) is 31.2 Å². The highest BCUT2D eigenvalue weighted by molar-refractivity contribution is 5.30. The Hall–Kier alpha value is -0.930. The van der Waals surface area contributed by atoms with Crippen LogP contribution in [0.3, 0.4) is 0 Å². The highest BCUT2D eigenvalue weighted by atomic mass is 19.1. The predicted octanol–water partition coefficient (Wildman–Crippen LogP) is 3.71. The molecule has 1 aromatic rings. The number of benzene rings is 1. The topological polar surface area (TPSA) is 46.2 Å². The van der Waals surface area contributed by atoms with Crippen molar-refractivity contribution in [2.75, 3.05) is 6.54 Å². The number of hydrogen-bond acceptors (Lipinski definition) is 2. The van der Waals surface area contributed by atoms with E-state index in [1.165, 1.54) is 18.6 Å². The number of halogens is 1. The van der Waals surface area contributed by atoms with Crippen molar-refractivity contribution in [1.29, 1.82) is 0 Å². The van der Waals surface area contributed by atoms with Crippen molar-refractivity contribution in [3.63, 3.8) is 0 Å². The number of hydrogen-bond donors (Lipinski definition) is 2. The molecule has 3 heteroatoms. The van der Waals surface area contributed by atoms with Gasteiger partial charge in [0.1, 0.15) is 5.82 Å². The second kappa shape index (κ2) is 6.23. The van der Waals surface area contributed by atoms with Crippen LogP contribution >= 0.6 is 0 Å².